The zero-order chi connectivity index (χ0) is 16.0. The highest BCUT2D eigenvalue weighted by Crippen LogP contribution is 2.31. The molecule has 1 aromatic carbocycles. The Kier molecular flexibility index (Phi) is 6.16. The van der Waals surface area contributed by atoms with E-state index in [-0.39, 0.29) is 17.1 Å². The van der Waals surface area contributed by atoms with Crippen molar-refractivity contribution in [1.82, 2.24) is 5.32 Å². The minimum absolute atomic E-state index is 0.00608. The summed E-state index contributed by atoms with van der Waals surface area (Å²) in [5, 5.41) is 11.2. The second-order valence-corrected chi connectivity index (χ2v) is 4.02. The van der Waals surface area contributed by atoms with Gasteiger partial charge in [0.05, 0.1) is 26.3 Å². The van der Waals surface area contributed by atoms with Crippen LogP contribution in [0.2, 0.25) is 0 Å². The Bertz CT molecular complexity index is 453. The smallest absolute Gasteiger partial charge is 0.401 e. The molecule has 0 radical (unpaired) electrons. The molecule has 0 saturated carbocycles. The Hall–Kier alpha value is -1.61. The average Bonchev–Trinajstić information content (AvgIpc) is 2.37. The van der Waals surface area contributed by atoms with Crippen molar-refractivity contribution in [2.75, 3.05) is 20.3 Å². The van der Waals surface area contributed by atoms with Crippen LogP contribution in [0, 0.1) is 0 Å². The molecule has 2 N–H and O–H groups in total. The number of nitrogens with one attached hydrogen (secondary N) is 1. The van der Waals surface area contributed by atoms with Gasteiger partial charge in [-0.15, -0.1) is 0 Å². The molecule has 1 aromatic rings. The highest BCUT2D eigenvalue weighted by atomic mass is 19.4. The third-order valence-electron chi connectivity index (χ3n) is 2.54. The Morgan fingerprint density at radius 3 is 2.38 bits per heavy atom. The van der Waals surface area contributed by atoms with Crippen LogP contribution in [-0.2, 0) is 0 Å². The van der Waals surface area contributed by atoms with E-state index in [4.69, 9.17) is 9.84 Å². The van der Waals surface area contributed by atoms with Gasteiger partial charge in [-0.3, -0.25) is 5.32 Å². The number of rotatable bonds is 7. The molecule has 1 rings (SSSR count). The first kappa shape index (κ1) is 17.4. The van der Waals surface area contributed by atoms with Crippen LogP contribution in [0.3, 0.4) is 0 Å². The van der Waals surface area contributed by atoms with Gasteiger partial charge in [-0.05, 0) is 17.7 Å². The standard InChI is InChI=1S/C12H14F5NO3/c1-20-9-3-2-7(4-10(9)21-11(13)14)8(5-19)18-6-12(15,16)17/h2-4,8,11,18-19H,5-6H2,1H3. The van der Waals surface area contributed by atoms with Crippen molar-refractivity contribution in [3.8, 4) is 11.5 Å². The van der Waals surface area contributed by atoms with Crippen molar-refractivity contribution in [2.24, 2.45) is 0 Å². The second-order valence-electron chi connectivity index (χ2n) is 4.02. The van der Waals surface area contributed by atoms with E-state index < -0.39 is 32.0 Å². The van der Waals surface area contributed by atoms with Gasteiger partial charge < -0.3 is 14.6 Å². The van der Waals surface area contributed by atoms with Gasteiger partial charge in [0.25, 0.3) is 0 Å². The molecule has 4 nitrogen and oxygen atoms in total. The predicted octanol–water partition coefficient (Wildman–Crippen LogP) is 2.48. The second kappa shape index (κ2) is 7.41. The maximum absolute atomic E-state index is 12.3. The van der Waals surface area contributed by atoms with Crippen molar-refractivity contribution >= 4 is 0 Å². The number of alkyl halides is 5. The maximum Gasteiger partial charge on any atom is 0.401 e. The van der Waals surface area contributed by atoms with Crippen LogP contribution in [0.1, 0.15) is 11.6 Å². The third-order valence-corrected chi connectivity index (χ3v) is 2.54. The van der Waals surface area contributed by atoms with Crippen molar-refractivity contribution < 1.29 is 36.5 Å². The van der Waals surface area contributed by atoms with Gasteiger partial charge in [0, 0.05) is 0 Å². The first-order chi connectivity index (χ1) is 9.76. The van der Waals surface area contributed by atoms with Gasteiger partial charge in [0.15, 0.2) is 11.5 Å². The van der Waals surface area contributed by atoms with E-state index in [0.717, 1.165) is 6.07 Å². The van der Waals surface area contributed by atoms with Gasteiger partial charge in [0.1, 0.15) is 0 Å². The zero-order valence-electron chi connectivity index (χ0n) is 11.0. The van der Waals surface area contributed by atoms with Crippen LogP contribution in [0.25, 0.3) is 0 Å². The fourth-order valence-electron chi connectivity index (χ4n) is 1.62. The molecule has 21 heavy (non-hydrogen) atoms. The lowest BCUT2D eigenvalue weighted by Crippen LogP contribution is -2.33. The summed E-state index contributed by atoms with van der Waals surface area (Å²) >= 11 is 0. The lowest BCUT2D eigenvalue weighted by Gasteiger charge is -2.19. The summed E-state index contributed by atoms with van der Waals surface area (Å²) in [7, 11) is 1.23. The van der Waals surface area contributed by atoms with Gasteiger partial charge in [0.2, 0.25) is 0 Å². The van der Waals surface area contributed by atoms with E-state index >= 15 is 0 Å². The summed E-state index contributed by atoms with van der Waals surface area (Å²) in [6, 6.07) is 2.64. The predicted molar refractivity (Wildman–Crippen MR) is 63.5 cm³/mol. The fraction of sp³-hybridized carbons (Fsp3) is 0.500. The molecule has 0 aliphatic heterocycles. The minimum atomic E-state index is -4.46. The Balaban J connectivity index is 2.93. The lowest BCUT2D eigenvalue weighted by atomic mass is 10.1. The maximum atomic E-state index is 12.3. The topological polar surface area (TPSA) is 50.7 Å². The van der Waals surface area contributed by atoms with Crippen LogP contribution in [0.4, 0.5) is 22.0 Å². The molecule has 1 unspecified atom stereocenters. The van der Waals surface area contributed by atoms with Gasteiger partial charge in [-0.1, -0.05) is 6.07 Å². The SMILES string of the molecule is COc1ccc(C(CO)NCC(F)(F)F)cc1OC(F)F. The van der Waals surface area contributed by atoms with Crippen molar-refractivity contribution in [3.63, 3.8) is 0 Å². The number of hydrogen-bond donors (Lipinski definition) is 2. The molecule has 9 heteroatoms. The number of hydrogen-bond acceptors (Lipinski definition) is 4. The molecule has 0 spiro atoms. The highest BCUT2D eigenvalue weighted by Gasteiger charge is 2.28. The third kappa shape index (κ3) is 5.72. The van der Waals surface area contributed by atoms with Crippen LogP contribution in [0.15, 0.2) is 18.2 Å². The van der Waals surface area contributed by atoms with Crippen molar-refractivity contribution in [2.45, 2.75) is 18.8 Å². The zero-order valence-corrected chi connectivity index (χ0v) is 11.0. The van der Waals surface area contributed by atoms with E-state index in [1.807, 2.05) is 0 Å². The number of ether oxygens (including phenoxy) is 2. The summed E-state index contributed by atoms with van der Waals surface area (Å²) in [6.07, 6.45) is -4.46. The quantitative estimate of drug-likeness (QED) is 0.759. The van der Waals surface area contributed by atoms with Crippen LogP contribution < -0.4 is 14.8 Å². The van der Waals surface area contributed by atoms with E-state index in [1.165, 1.54) is 19.2 Å². The van der Waals surface area contributed by atoms with Crippen LogP contribution in [0.5, 0.6) is 11.5 Å². The van der Waals surface area contributed by atoms with Crippen LogP contribution in [-0.4, -0.2) is 38.2 Å². The summed E-state index contributed by atoms with van der Waals surface area (Å²) in [5.74, 6) is -0.316. The number of halogens is 5. The van der Waals surface area contributed by atoms with E-state index in [9.17, 15) is 22.0 Å². The van der Waals surface area contributed by atoms with E-state index in [1.54, 1.807) is 0 Å². The molecule has 0 saturated heterocycles. The van der Waals surface area contributed by atoms with Gasteiger partial charge in [-0.25, -0.2) is 0 Å². The Labute approximate surface area is 117 Å². The molecular weight excluding hydrogens is 301 g/mol. The number of aliphatic hydroxyl groups is 1. The average molecular weight is 315 g/mol. The summed E-state index contributed by atoms with van der Waals surface area (Å²) in [6.45, 7) is -5.07. The molecule has 0 aliphatic carbocycles. The largest absolute Gasteiger partial charge is 0.493 e. The van der Waals surface area contributed by atoms with Gasteiger partial charge >= 0.3 is 12.8 Å². The first-order valence-electron chi connectivity index (χ1n) is 5.80. The van der Waals surface area contributed by atoms with E-state index in [2.05, 4.69) is 10.1 Å². The molecule has 0 aliphatic rings. The molecule has 0 bridgehead atoms. The van der Waals surface area contributed by atoms with Gasteiger partial charge in [-0.2, -0.15) is 22.0 Å². The lowest BCUT2D eigenvalue weighted by molar-refractivity contribution is -0.126. The van der Waals surface area contributed by atoms with Crippen molar-refractivity contribution in [1.29, 1.82) is 0 Å². The first-order valence-corrected chi connectivity index (χ1v) is 5.80. The minimum Gasteiger partial charge on any atom is -0.493 e. The normalized spacial score (nSPS) is 13.3. The number of aliphatic hydroxyl groups excluding tert-OH is 1. The monoisotopic (exact) mass is 315 g/mol. The summed E-state index contributed by atoms with van der Waals surface area (Å²) in [4.78, 5) is 0. The summed E-state index contributed by atoms with van der Waals surface area (Å²) in [5.41, 5.74) is 0.165. The molecule has 0 heterocycles. The molecule has 0 amide bonds. The number of methoxy groups -OCH3 is 1. The molecular formula is C12H14F5NO3. The summed E-state index contributed by atoms with van der Waals surface area (Å²) < 4.78 is 70.0. The van der Waals surface area contributed by atoms with Crippen LogP contribution >= 0.6 is 0 Å². The molecule has 0 aromatic heterocycles. The van der Waals surface area contributed by atoms with E-state index in [0.29, 0.717) is 0 Å². The molecule has 1 atom stereocenters. The molecule has 120 valence electrons. The Morgan fingerprint density at radius 1 is 1.24 bits per heavy atom. The molecule has 0 fully saturated rings. The Morgan fingerprint density at radius 2 is 1.90 bits per heavy atom. The van der Waals surface area contributed by atoms with Crippen molar-refractivity contribution in [3.05, 3.63) is 23.8 Å². The number of benzene rings is 1. The highest BCUT2D eigenvalue weighted by molar-refractivity contribution is 5.44. The fourth-order valence-corrected chi connectivity index (χ4v) is 1.62.